The molecular formula is C15H16F6N2O2. The Morgan fingerprint density at radius 2 is 1.60 bits per heavy atom. The van der Waals surface area contributed by atoms with Crippen molar-refractivity contribution in [2.75, 3.05) is 12.4 Å². The number of aliphatic hydroxyl groups is 1. The van der Waals surface area contributed by atoms with Gasteiger partial charge in [-0.25, -0.2) is 4.79 Å². The molecule has 0 aliphatic heterocycles. The first kappa shape index (κ1) is 19.4. The van der Waals surface area contributed by atoms with Gasteiger partial charge in [-0.3, -0.25) is 0 Å². The molecular weight excluding hydrogens is 354 g/mol. The zero-order chi connectivity index (χ0) is 19.0. The van der Waals surface area contributed by atoms with E-state index in [0.717, 1.165) is 12.5 Å². The van der Waals surface area contributed by atoms with Crippen LogP contribution in [0.4, 0.5) is 36.8 Å². The van der Waals surface area contributed by atoms with E-state index in [0.29, 0.717) is 24.5 Å². The molecule has 0 heterocycles. The number of benzene rings is 1. The average Bonchev–Trinajstić information content (AvgIpc) is 2.52. The van der Waals surface area contributed by atoms with E-state index in [1.54, 1.807) is 0 Å². The molecule has 2 rings (SSSR count). The van der Waals surface area contributed by atoms with Gasteiger partial charge in [-0.05, 0) is 36.8 Å². The maximum absolute atomic E-state index is 13.2. The van der Waals surface area contributed by atoms with Gasteiger partial charge in [-0.1, -0.05) is 12.1 Å². The summed E-state index contributed by atoms with van der Waals surface area (Å²) in [6.07, 6.45) is -10.1. The van der Waals surface area contributed by atoms with Crippen LogP contribution in [-0.2, 0) is 18.4 Å². The van der Waals surface area contributed by atoms with Crippen molar-refractivity contribution >= 4 is 11.7 Å². The Morgan fingerprint density at radius 1 is 1.04 bits per heavy atom. The van der Waals surface area contributed by atoms with E-state index in [9.17, 15) is 36.2 Å². The SMILES string of the molecule is CNC(=O)Nc1c(C(O)(C(F)(F)F)C(F)(F)F)ccc2c1CCCC2. The zero-order valence-electron chi connectivity index (χ0n) is 13.1. The number of rotatable bonds is 2. The zero-order valence-corrected chi connectivity index (χ0v) is 13.1. The minimum atomic E-state index is -6.02. The van der Waals surface area contributed by atoms with Gasteiger partial charge in [0.05, 0.1) is 5.69 Å². The van der Waals surface area contributed by atoms with Gasteiger partial charge in [0.1, 0.15) is 0 Å². The fraction of sp³-hybridized carbons (Fsp3) is 0.533. The summed E-state index contributed by atoms with van der Waals surface area (Å²) in [5, 5.41) is 13.8. The van der Waals surface area contributed by atoms with Crippen molar-refractivity contribution in [3.8, 4) is 0 Å². The van der Waals surface area contributed by atoms with E-state index < -0.39 is 35.2 Å². The van der Waals surface area contributed by atoms with Crippen LogP contribution < -0.4 is 10.6 Å². The van der Waals surface area contributed by atoms with Crippen LogP contribution in [-0.4, -0.2) is 30.5 Å². The second-order valence-electron chi connectivity index (χ2n) is 5.74. The first-order valence-corrected chi connectivity index (χ1v) is 7.43. The highest BCUT2D eigenvalue weighted by atomic mass is 19.4. The fourth-order valence-electron chi connectivity index (χ4n) is 2.91. The smallest absolute Gasteiger partial charge is 0.369 e. The van der Waals surface area contributed by atoms with Gasteiger partial charge in [0.15, 0.2) is 0 Å². The number of anilines is 1. The lowest BCUT2D eigenvalue weighted by Gasteiger charge is -2.35. The van der Waals surface area contributed by atoms with Crippen molar-refractivity contribution < 1.29 is 36.2 Å². The highest BCUT2D eigenvalue weighted by Crippen LogP contribution is 2.53. The predicted molar refractivity (Wildman–Crippen MR) is 77.2 cm³/mol. The number of urea groups is 1. The maximum Gasteiger partial charge on any atom is 0.430 e. The molecule has 25 heavy (non-hydrogen) atoms. The third kappa shape index (κ3) is 3.26. The molecule has 0 saturated heterocycles. The molecule has 0 aromatic heterocycles. The van der Waals surface area contributed by atoms with E-state index >= 15 is 0 Å². The number of carbonyl (C=O) groups excluding carboxylic acids is 1. The lowest BCUT2D eigenvalue weighted by molar-refractivity contribution is -0.376. The van der Waals surface area contributed by atoms with E-state index in [2.05, 4.69) is 5.32 Å². The van der Waals surface area contributed by atoms with Gasteiger partial charge in [0, 0.05) is 12.6 Å². The summed E-state index contributed by atoms with van der Waals surface area (Å²) < 4.78 is 79.3. The van der Waals surface area contributed by atoms with Crippen molar-refractivity contribution in [3.63, 3.8) is 0 Å². The van der Waals surface area contributed by atoms with E-state index in [-0.39, 0.29) is 12.0 Å². The second-order valence-corrected chi connectivity index (χ2v) is 5.74. The topological polar surface area (TPSA) is 61.4 Å². The molecule has 0 saturated carbocycles. The molecule has 3 N–H and O–H groups in total. The summed E-state index contributed by atoms with van der Waals surface area (Å²) in [5.74, 6) is 0. The third-order valence-corrected chi connectivity index (χ3v) is 4.21. The first-order chi connectivity index (χ1) is 11.4. The summed E-state index contributed by atoms with van der Waals surface area (Å²) in [6.45, 7) is 0. The molecule has 140 valence electrons. The van der Waals surface area contributed by atoms with Crippen LogP contribution >= 0.6 is 0 Å². The quantitative estimate of drug-likeness (QED) is 0.697. The highest BCUT2D eigenvalue weighted by Gasteiger charge is 2.72. The van der Waals surface area contributed by atoms with E-state index in [1.165, 1.54) is 7.05 Å². The molecule has 10 heteroatoms. The largest absolute Gasteiger partial charge is 0.430 e. The fourth-order valence-corrected chi connectivity index (χ4v) is 2.91. The third-order valence-electron chi connectivity index (χ3n) is 4.21. The average molecular weight is 370 g/mol. The molecule has 2 amide bonds. The summed E-state index contributed by atoms with van der Waals surface area (Å²) >= 11 is 0. The minimum Gasteiger partial charge on any atom is -0.369 e. The number of aryl methyl sites for hydroxylation is 1. The molecule has 0 atom stereocenters. The lowest BCUT2D eigenvalue weighted by atomic mass is 9.83. The van der Waals surface area contributed by atoms with Gasteiger partial charge in [0.2, 0.25) is 0 Å². The monoisotopic (exact) mass is 370 g/mol. The first-order valence-electron chi connectivity index (χ1n) is 7.43. The lowest BCUT2D eigenvalue weighted by Crippen LogP contribution is -2.54. The van der Waals surface area contributed by atoms with Crippen molar-refractivity contribution in [1.82, 2.24) is 5.32 Å². The summed E-state index contributed by atoms with van der Waals surface area (Å²) in [7, 11) is 1.17. The number of hydrogen-bond acceptors (Lipinski definition) is 2. The predicted octanol–water partition coefficient (Wildman–Crippen LogP) is 3.63. The van der Waals surface area contributed by atoms with Gasteiger partial charge in [-0.2, -0.15) is 26.3 Å². The van der Waals surface area contributed by atoms with Crippen molar-refractivity contribution in [3.05, 3.63) is 28.8 Å². The number of carbonyl (C=O) groups is 1. The molecule has 1 aromatic rings. The van der Waals surface area contributed by atoms with Gasteiger partial charge < -0.3 is 15.7 Å². The van der Waals surface area contributed by atoms with Crippen LogP contribution in [0, 0.1) is 0 Å². The number of halogens is 6. The Morgan fingerprint density at radius 3 is 2.12 bits per heavy atom. The van der Waals surface area contributed by atoms with Crippen molar-refractivity contribution in [2.45, 2.75) is 43.6 Å². The summed E-state index contributed by atoms with van der Waals surface area (Å²) in [4.78, 5) is 11.6. The van der Waals surface area contributed by atoms with Crippen LogP contribution in [0.15, 0.2) is 12.1 Å². The van der Waals surface area contributed by atoms with Crippen LogP contribution in [0.3, 0.4) is 0 Å². The molecule has 1 aliphatic rings. The molecule has 0 spiro atoms. The summed E-state index contributed by atoms with van der Waals surface area (Å²) in [6, 6.07) is 0.740. The van der Waals surface area contributed by atoms with Crippen molar-refractivity contribution in [1.29, 1.82) is 0 Å². The molecule has 4 nitrogen and oxygen atoms in total. The number of hydrogen-bond donors (Lipinski definition) is 3. The highest BCUT2D eigenvalue weighted by molar-refractivity contribution is 5.91. The van der Waals surface area contributed by atoms with E-state index in [4.69, 9.17) is 0 Å². The minimum absolute atomic E-state index is 0.180. The Labute approximate surface area is 139 Å². The Hall–Kier alpha value is -1.97. The molecule has 0 bridgehead atoms. The van der Waals surface area contributed by atoms with Crippen LogP contribution in [0.2, 0.25) is 0 Å². The second kappa shape index (κ2) is 6.40. The number of alkyl halides is 6. The van der Waals surface area contributed by atoms with Crippen LogP contribution in [0.5, 0.6) is 0 Å². The van der Waals surface area contributed by atoms with Crippen LogP contribution in [0.1, 0.15) is 29.5 Å². The molecule has 1 aromatic carbocycles. The molecule has 0 unspecified atom stereocenters. The van der Waals surface area contributed by atoms with Crippen LogP contribution in [0.25, 0.3) is 0 Å². The standard InChI is InChI=1S/C15H16F6N2O2/c1-22-12(24)23-11-9-5-3-2-4-8(9)6-7-10(11)13(25,14(16,17)18)15(19,20)21/h6-7,25H,2-5H2,1H3,(H2,22,23,24). The molecule has 0 fully saturated rings. The maximum atomic E-state index is 13.2. The summed E-state index contributed by atoms with van der Waals surface area (Å²) in [5.41, 5.74) is -6.44. The van der Waals surface area contributed by atoms with Gasteiger partial charge in [-0.15, -0.1) is 0 Å². The van der Waals surface area contributed by atoms with Gasteiger partial charge in [0.25, 0.3) is 5.60 Å². The number of amides is 2. The normalized spacial score (nSPS) is 15.5. The Kier molecular flexibility index (Phi) is 4.95. The number of fused-ring (bicyclic) bond motifs is 1. The van der Waals surface area contributed by atoms with Crippen molar-refractivity contribution in [2.24, 2.45) is 0 Å². The molecule has 1 aliphatic carbocycles. The van der Waals surface area contributed by atoms with E-state index in [1.807, 2.05) is 5.32 Å². The molecule has 0 radical (unpaired) electrons. The number of nitrogens with one attached hydrogen (secondary N) is 2. The Bertz CT molecular complexity index is 655. The van der Waals surface area contributed by atoms with Gasteiger partial charge >= 0.3 is 18.4 Å². The Balaban J connectivity index is 2.76.